The van der Waals surface area contributed by atoms with Crippen LogP contribution in [0, 0.1) is 5.92 Å². The van der Waals surface area contributed by atoms with E-state index in [9.17, 15) is 0 Å². The minimum atomic E-state index is 0.947. The molecule has 0 aromatic rings. The maximum atomic E-state index is 3.38. The second-order valence-corrected chi connectivity index (χ2v) is 3.45. The standard InChI is InChI=1S/C8H18N2/c1-10(2)6-4-8-3-5-9-7-8/h8-9H,3-7H2,1-2H3/t8-/m0/s1. The van der Waals surface area contributed by atoms with Gasteiger partial charge in [-0.3, -0.25) is 0 Å². The van der Waals surface area contributed by atoms with Gasteiger partial charge in [-0.1, -0.05) is 0 Å². The Kier molecular flexibility index (Phi) is 3.16. The van der Waals surface area contributed by atoms with Crippen LogP contribution in [0.15, 0.2) is 0 Å². The quantitative estimate of drug-likeness (QED) is 0.619. The first kappa shape index (κ1) is 8.02. The number of nitrogens with one attached hydrogen (secondary N) is 1. The van der Waals surface area contributed by atoms with Crippen molar-refractivity contribution in [2.75, 3.05) is 33.7 Å². The van der Waals surface area contributed by atoms with Crippen LogP contribution in [0.5, 0.6) is 0 Å². The maximum absolute atomic E-state index is 3.38. The minimum Gasteiger partial charge on any atom is -0.316 e. The summed E-state index contributed by atoms with van der Waals surface area (Å²) >= 11 is 0. The van der Waals surface area contributed by atoms with Crippen LogP contribution in [0.25, 0.3) is 0 Å². The SMILES string of the molecule is CN(C)CC[C@@H]1CCNC1. The molecule has 2 heteroatoms. The van der Waals surface area contributed by atoms with Crippen molar-refractivity contribution in [2.24, 2.45) is 5.92 Å². The zero-order chi connectivity index (χ0) is 7.40. The third-order valence-electron chi connectivity index (χ3n) is 2.15. The highest BCUT2D eigenvalue weighted by molar-refractivity contribution is 4.71. The lowest BCUT2D eigenvalue weighted by Gasteiger charge is -2.12. The van der Waals surface area contributed by atoms with Gasteiger partial charge in [0, 0.05) is 0 Å². The van der Waals surface area contributed by atoms with Crippen molar-refractivity contribution in [3.8, 4) is 0 Å². The lowest BCUT2D eigenvalue weighted by Crippen LogP contribution is -2.18. The van der Waals surface area contributed by atoms with Crippen molar-refractivity contribution >= 4 is 0 Å². The average molecular weight is 142 g/mol. The predicted octanol–water partition coefficient (Wildman–Crippen LogP) is 0.548. The molecular weight excluding hydrogens is 124 g/mol. The summed E-state index contributed by atoms with van der Waals surface area (Å²) in [6.07, 6.45) is 2.74. The van der Waals surface area contributed by atoms with E-state index in [0.717, 1.165) is 5.92 Å². The van der Waals surface area contributed by atoms with Crippen LogP contribution in [0.2, 0.25) is 0 Å². The van der Waals surface area contributed by atoms with E-state index >= 15 is 0 Å². The van der Waals surface area contributed by atoms with Crippen molar-refractivity contribution in [1.82, 2.24) is 10.2 Å². The normalized spacial score (nSPS) is 26.1. The van der Waals surface area contributed by atoms with Gasteiger partial charge in [-0.05, 0) is 52.5 Å². The molecular formula is C8H18N2. The van der Waals surface area contributed by atoms with E-state index in [1.165, 1.54) is 32.5 Å². The lowest BCUT2D eigenvalue weighted by molar-refractivity contribution is 0.360. The molecule has 2 nitrogen and oxygen atoms in total. The van der Waals surface area contributed by atoms with Crippen molar-refractivity contribution < 1.29 is 0 Å². The predicted molar refractivity (Wildman–Crippen MR) is 44.1 cm³/mol. The van der Waals surface area contributed by atoms with E-state index in [2.05, 4.69) is 24.3 Å². The van der Waals surface area contributed by atoms with Crippen molar-refractivity contribution in [3.05, 3.63) is 0 Å². The molecule has 1 fully saturated rings. The van der Waals surface area contributed by atoms with Gasteiger partial charge in [-0.25, -0.2) is 0 Å². The van der Waals surface area contributed by atoms with Gasteiger partial charge < -0.3 is 10.2 Å². The molecule has 0 saturated carbocycles. The fourth-order valence-electron chi connectivity index (χ4n) is 1.40. The Morgan fingerprint density at radius 2 is 2.30 bits per heavy atom. The van der Waals surface area contributed by atoms with Crippen molar-refractivity contribution in [1.29, 1.82) is 0 Å². The highest BCUT2D eigenvalue weighted by atomic mass is 15.0. The zero-order valence-corrected chi connectivity index (χ0v) is 7.06. The molecule has 0 amide bonds. The Hall–Kier alpha value is -0.0800. The van der Waals surface area contributed by atoms with Crippen LogP contribution in [-0.2, 0) is 0 Å². The van der Waals surface area contributed by atoms with Crippen molar-refractivity contribution in [3.63, 3.8) is 0 Å². The largest absolute Gasteiger partial charge is 0.316 e. The van der Waals surface area contributed by atoms with Gasteiger partial charge >= 0.3 is 0 Å². The van der Waals surface area contributed by atoms with Gasteiger partial charge in [0.25, 0.3) is 0 Å². The first-order valence-electron chi connectivity index (χ1n) is 4.14. The molecule has 1 atom stereocenters. The Balaban J connectivity index is 2.01. The number of hydrogen-bond acceptors (Lipinski definition) is 2. The highest BCUT2D eigenvalue weighted by Crippen LogP contribution is 2.11. The molecule has 0 aromatic heterocycles. The molecule has 0 aliphatic carbocycles. The van der Waals surface area contributed by atoms with Crippen LogP contribution in [0.4, 0.5) is 0 Å². The molecule has 0 unspecified atom stereocenters. The Bertz CT molecular complexity index is 85.3. The summed E-state index contributed by atoms with van der Waals surface area (Å²) in [6.45, 7) is 3.72. The van der Waals surface area contributed by atoms with Gasteiger partial charge in [0.15, 0.2) is 0 Å². The Morgan fingerprint density at radius 3 is 2.80 bits per heavy atom. The second-order valence-electron chi connectivity index (χ2n) is 3.45. The average Bonchev–Trinajstić information content (AvgIpc) is 2.34. The van der Waals surface area contributed by atoms with Crippen molar-refractivity contribution in [2.45, 2.75) is 12.8 Å². The summed E-state index contributed by atoms with van der Waals surface area (Å²) in [5.74, 6) is 0.947. The van der Waals surface area contributed by atoms with Crippen LogP contribution >= 0.6 is 0 Å². The topological polar surface area (TPSA) is 15.3 Å². The van der Waals surface area contributed by atoms with Gasteiger partial charge in [-0.2, -0.15) is 0 Å². The Morgan fingerprint density at radius 1 is 1.50 bits per heavy atom. The van der Waals surface area contributed by atoms with E-state index < -0.39 is 0 Å². The van der Waals surface area contributed by atoms with Gasteiger partial charge in [-0.15, -0.1) is 0 Å². The van der Waals surface area contributed by atoms with E-state index in [0.29, 0.717) is 0 Å². The van der Waals surface area contributed by atoms with Gasteiger partial charge in [0.1, 0.15) is 0 Å². The third kappa shape index (κ3) is 2.67. The lowest BCUT2D eigenvalue weighted by atomic mass is 10.1. The molecule has 1 rings (SSSR count). The van der Waals surface area contributed by atoms with Crippen LogP contribution in [0.1, 0.15) is 12.8 Å². The monoisotopic (exact) mass is 142 g/mol. The Labute approximate surface area is 63.6 Å². The van der Waals surface area contributed by atoms with Crippen LogP contribution in [-0.4, -0.2) is 38.6 Å². The van der Waals surface area contributed by atoms with Crippen LogP contribution < -0.4 is 5.32 Å². The minimum absolute atomic E-state index is 0.947. The molecule has 1 aliphatic rings. The molecule has 0 aromatic carbocycles. The van der Waals surface area contributed by atoms with E-state index in [-0.39, 0.29) is 0 Å². The molecule has 0 spiro atoms. The molecule has 1 heterocycles. The van der Waals surface area contributed by atoms with E-state index in [1.807, 2.05) is 0 Å². The molecule has 60 valence electrons. The fraction of sp³-hybridized carbons (Fsp3) is 1.00. The fourth-order valence-corrected chi connectivity index (χ4v) is 1.40. The number of hydrogen-bond donors (Lipinski definition) is 1. The highest BCUT2D eigenvalue weighted by Gasteiger charge is 2.13. The number of rotatable bonds is 3. The molecule has 0 radical (unpaired) electrons. The van der Waals surface area contributed by atoms with Gasteiger partial charge in [0.05, 0.1) is 0 Å². The third-order valence-corrected chi connectivity index (χ3v) is 2.15. The first-order chi connectivity index (χ1) is 4.79. The summed E-state index contributed by atoms with van der Waals surface area (Å²) < 4.78 is 0. The number of nitrogens with zero attached hydrogens (tertiary/aromatic N) is 1. The van der Waals surface area contributed by atoms with Crippen LogP contribution in [0.3, 0.4) is 0 Å². The summed E-state index contributed by atoms with van der Waals surface area (Å²) in [5, 5.41) is 3.38. The molecule has 1 N–H and O–H groups in total. The maximum Gasteiger partial charge on any atom is -0.00196 e. The molecule has 1 saturated heterocycles. The van der Waals surface area contributed by atoms with E-state index in [4.69, 9.17) is 0 Å². The molecule has 10 heavy (non-hydrogen) atoms. The molecule has 0 bridgehead atoms. The smallest absolute Gasteiger partial charge is 0.00196 e. The summed E-state index contributed by atoms with van der Waals surface area (Å²) in [5.41, 5.74) is 0. The molecule has 1 aliphatic heterocycles. The summed E-state index contributed by atoms with van der Waals surface area (Å²) in [7, 11) is 4.28. The summed E-state index contributed by atoms with van der Waals surface area (Å²) in [4.78, 5) is 2.26. The van der Waals surface area contributed by atoms with E-state index in [1.54, 1.807) is 0 Å². The summed E-state index contributed by atoms with van der Waals surface area (Å²) in [6, 6.07) is 0. The van der Waals surface area contributed by atoms with Gasteiger partial charge in [0.2, 0.25) is 0 Å². The zero-order valence-electron chi connectivity index (χ0n) is 7.06. The second kappa shape index (κ2) is 3.94. The first-order valence-corrected chi connectivity index (χ1v) is 4.14.